The minimum absolute atomic E-state index is 0.131. The number of nitrogens with zero attached hydrogens (tertiary/aromatic N) is 1. The second-order valence-corrected chi connectivity index (χ2v) is 8.61. The Labute approximate surface area is 193 Å². The minimum Gasteiger partial charge on any atom is -0.456 e. The van der Waals surface area contributed by atoms with E-state index in [4.69, 9.17) is 4.74 Å². The predicted octanol–water partition coefficient (Wildman–Crippen LogP) is 3.68. The number of fused-ring (bicyclic) bond motifs is 1. The van der Waals surface area contributed by atoms with Crippen molar-refractivity contribution in [3.63, 3.8) is 0 Å². The zero-order valence-corrected chi connectivity index (χ0v) is 18.2. The van der Waals surface area contributed by atoms with E-state index in [1.54, 1.807) is 12.1 Å². The monoisotopic (exact) mass is 496 g/mol. The first-order valence-corrected chi connectivity index (χ1v) is 11.0. The Morgan fingerprint density at radius 1 is 1.18 bits per heavy atom. The second-order valence-electron chi connectivity index (χ2n) is 6.64. The van der Waals surface area contributed by atoms with E-state index in [-0.39, 0.29) is 35.1 Å². The fraction of sp³-hybridized carbons (Fsp3) is 0.200. The molecule has 13 heteroatoms. The summed E-state index contributed by atoms with van der Waals surface area (Å²) in [5.74, 6) is -2.45. The van der Waals surface area contributed by atoms with Gasteiger partial charge in [-0.1, -0.05) is 6.07 Å². The van der Waals surface area contributed by atoms with Gasteiger partial charge in [-0.3, -0.25) is 24.1 Å². The molecule has 9 nitrogen and oxygen atoms in total. The normalized spacial score (nSPS) is 17.5. The van der Waals surface area contributed by atoms with E-state index in [1.807, 2.05) is 11.4 Å². The van der Waals surface area contributed by atoms with Crippen molar-refractivity contribution >= 4 is 57.9 Å². The Balaban J connectivity index is 1.23. The number of amides is 3. The number of thiophene rings is 1. The summed E-state index contributed by atoms with van der Waals surface area (Å²) in [6.45, 7) is -0.840. The third-order valence-electron chi connectivity index (χ3n) is 4.28. The topological polar surface area (TPSA) is 111 Å². The number of anilines is 1. The van der Waals surface area contributed by atoms with Crippen LogP contribution in [0, 0.1) is 0 Å². The lowest BCUT2D eigenvalue weighted by Crippen LogP contribution is -2.31. The number of imide groups is 1. The van der Waals surface area contributed by atoms with Crippen LogP contribution in [0.15, 0.2) is 40.6 Å². The third-order valence-corrected chi connectivity index (χ3v) is 6.01. The quantitative estimate of drug-likeness (QED) is 0.457. The lowest BCUT2D eigenvalue weighted by atomic mass is 10.3. The smallest absolute Gasteiger partial charge is 0.456 e. The van der Waals surface area contributed by atoms with E-state index in [9.17, 15) is 28.0 Å². The van der Waals surface area contributed by atoms with Crippen LogP contribution in [0.5, 0.6) is 11.5 Å². The highest BCUT2D eigenvalue weighted by atomic mass is 32.2. The van der Waals surface area contributed by atoms with Crippen LogP contribution < -0.4 is 14.8 Å². The molecular weight excluding hydrogens is 482 g/mol. The van der Waals surface area contributed by atoms with Crippen LogP contribution in [-0.4, -0.2) is 47.4 Å². The van der Waals surface area contributed by atoms with Crippen LogP contribution in [0.3, 0.4) is 0 Å². The highest BCUT2D eigenvalue weighted by Gasteiger charge is 2.43. The Morgan fingerprint density at radius 2 is 1.97 bits per heavy atom. The molecule has 3 heterocycles. The molecule has 0 atom stereocenters. The molecule has 2 aliphatic heterocycles. The molecule has 1 fully saturated rings. The molecule has 1 N–H and O–H groups in total. The molecule has 2 aromatic rings. The van der Waals surface area contributed by atoms with Crippen LogP contribution in [0.2, 0.25) is 0 Å². The highest BCUT2D eigenvalue weighted by molar-refractivity contribution is 8.18. The summed E-state index contributed by atoms with van der Waals surface area (Å²) in [7, 11) is 0. The molecule has 0 radical (unpaired) electrons. The highest BCUT2D eigenvalue weighted by Crippen LogP contribution is 2.42. The van der Waals surface area contributed by atoms with Gasteiger partial charge in [0.25, 0.3) is 17.1 Å². The lowest BCUT2D eigenvalue weighted by molar-refractivity contribution is -0.286. The van der Waals surface area contributed by atoms with Crippen molar-refractivity contribution < 1.29 is 42.2 Å². The summed E-state index contributed by atoms with van der Waals surface area (Å²) in [5.41, 5.74) is 0.131. The van der Waals surface area contributed by atoms with Gasteiger partial charge in [0.15, 0.2) is 18.1 Å². The van der Waals surface area contributed by atoms with Gasteiger partial charge in [-0.25, -0.2) is 0 Å². The minimum atomic E-state index is -3.78. The van der Waals surface area contributed by atoms with Crippen molar-refractivity contribution in [3.05, 3.63) is 45.5 Å². The van der Waals surface area contributed by atoms with Gasteiger partial charge in [0.05, 0.1) is 11.3 Å². The predicted molar refractivity (Wildman–Crippen MR) is 114 cm³/mol. The van der Waals surface area contributed by atoms with E-state index in [0.29, 0.717) is 0 Å². The fourth-order valence-electron chi connectivity index (χ4n) is 2.84. The Bertz CT molecular complexity index is 1150. The number of nitrogens with one attached hydrogen (secondary N) is 1. The first kappa shape index (κ1) is 22.7. The molecule has 1 saturated heterocycles. The average Bonchev–Trinajstić information content (AvgIpc) is 3.43. The van der Waals surface area contributed by atoms with E-state index in [1.165, 1.54) is 23.5 Å². The molecule has 1 aromatic carbocycles. The van der Waals surface area contributed by atoms with Gasteiger partial charge in [0.2, 0.25) is 0 Å². The molecule has 0 spiro atoms. The Kier molecular flexibility index (Phi) is 6.33. The number of hydrogen-bond donors (Lipinski definition) is 1. The van der Waals surface area contributed by atoms with Crippen molar-refractivity contribution in [1.29, 1.82) is 0 Å². The SMILES string of the molecule is O=C(COC(=O)CCN1C(=O)SC(=Cc2cccs2)C1=O)Nc1ccc2c(c1)OC(F)(F)O2. The maximum atomic E-state index is 13.0. The number of esters is 1. The van der Waals surface area contributed by atoms with Gasteiger partial charge in [0, 0.05) is 23.2 Å². The molecule has 172 valence electrons. The molecule has 2 aliphatic rings. The summed E-state index contributed by atoms with van der Waals surface area (Å²) < 4.78 is 39.5. The van der Waals surface area contributed by atoms with Gasteiger partial charge in [-0.2, -0.15) is 0 Å². The number of hydrogen-bond acceptors (Lipinski definition) is 9. The van der Waals surface area contributed by atoms with E-state index < -0.39 is 35.9 Å². The first-order valence-electron chi connectivity index (χ1n) is 9.34. The standard InChI is InChI=1S/C20H14F2N2O7S2/c21-20(22)30-13-4-3-11(8-14(13)31-20)23-16(25)10-29-17(26)5-6-24-18(27)15(33-19(24)28)9-12-2-1-7-32-12/h1-4,7-9H,5-6,10H2,(H,23,25). The maximum absolute atomic E-state index is 13.0. The zero-order valence-electron chi connectivity index (χ0n) is 16.5. The molecule has 0 saturated carbocycles. The maximum Gasteiger partial charge on any atom is 0.586 e. The number of carbonyl (C=O) groups is 4. The third kappa shape index (κ3) is 5.49. The Morgan fingerprint density at radius 3 is 2.73 bits per heavy atom. The van der Waals surface area contributed by atoms with Gasteiger partial charge in [0.1, 0.15) is 0 Å². The van der Waals surface area contributed by atoms with Crippen LogP contribution in [0.1, 0.15) is 11.3 Å². The summed E-state index contributed by atoms with van der Waals surface area (Å²) in [5, 5.41) is 3.71. The zero-order chi connectivity index (χ0) is 23.6. The molecule has 4 rings (SSSR count). The van der Waals surface area contributed by atoms with Crippen LogP contribution >= 0.6 is 23.1 Å². The van der Waals surface area contributed by atoms with E-state index in [0.717, 1.165) is 27.6 Å². The van der Waals surface area contributed by atoms with Gasteiger partial charge in [-0.05, 0) is 41.4 Å². The van der Waals surface area contributed by atoms with Crippen molar-refractivity contribution in [2.24, 2.45) is 0 Å². The fourth-order valence-corrected chi connectivity index (χ4v) is 4.43. The van der Waals surface area contributed by atoms with Crippen molar-refractivity contribution in [2.75, 3.05) is 18.5 Å². The average molecular weight is 496 g/mol. The number of rotatable bonds is 7. The molecule has 3 amide bonds. The summed E-state index contributed by atoms with van der Waals surface area (Å²) >= 11 is 2.20. The van der Waals surface area contributed by atoms with Gasteiger partial charge in [-0.15, -0.1) is 20.1 Å². The van der Waals surface area contributed by atoms with Gasteiger partial charge >= 0.3 is 12.3 Å². The molecule has 0 unspecified atom stereocenters. The summed E-state index contributed by atoms with van der Waals surface area (Å²) in [4.78, 5) is 50.4. The largest absolute Gasteiger partial charge is 0.586 e. The number of ether oxygens (including phenoxy) is 3. The molecule has 33 heavy (non-hydrogen) atoms. The number of benzene rings is 1. The second kappa shape index (κ2) is 9.19. The molecule has 1 aromatic heterocycles. The summed E-state index contributed by atoms with van der Waals surface area (Å²) in [6.07, 6.45) is -2.47. The van der Waals surface area contributed by atoms with E-state index in [2.05, 4.69) is 14.8 Å². The number of carbonyl (C=O) groups excluding carboxylic acids is 4. The van der Waals surface area contributed by atoms with Crippen molar-refractivity contribution in [1.82, 2.24) is 4.90 Å². The number of thioether (sulfide) groups is 1. The van der Waals surface area contributed by atoms with Crippen LogP contribution in [0.25, 0.3) is 6.08 Å². The molecular formula is C20H14F2N2O7S2. The molecule has 0 aliphatic carbocycles. The van der Waals surface area contributed by atoms with Crippen LogP contribution in [-0.2, 0) is 19.1 Å². The van der Waals surface area contributed by atoms with Crippen LogP contribution in [0.4, 0.5) is 19.3 Å². The first-order chi connectivity index (χ1) is 15.7. The van der Waals surface area contributed by atoms with Crippen molar-refractivity contribution in [3.8, 4) is 11.5 Å². The number of halogens is 2. The summed E-state index contributed by atoms with van der Waals surface area (Å²) in [6, 6.07) is 7.27. The van der Waals surface area contributed by atoms with Crippen molar-refractivity contribution in [2.45, 2.75) is 12.7 Å². The van der Waals surface area contributed by atoms with Gasteiger partial charge < -0.3 is 19.5 Å². The Hall–Kier alpha value is -3.45. The molecule has 0 bridgehead atoms. The lowest BCUT2D eigenvalue weighted by Gasteiger charge is -2.12. The number of alkyl halides is 2. The van der Waals surface area contributed by atoms with E-state index >= 15 is 0 Å².